The second-order valence-corrected chi connectivity index (χ2v) is 8.75. The number of nitrogens with zero attached hydrogens (tertiary/aromatic N) is 3. The van der Waals surface area contributed by atoms with Gasteiger partial charge in [-0.3, -0.25) is 9.89 Å². The fourth-order valence-electron chi connectivity index (χ4n) is 3.54. The van der Waals surface area contributed by atoms with Crippen molar-refractivity contribution in [2.75, 3.05) is 20.1 Å². The maximum Gasteiger partial charge on any atom is 0.213 e. The maximum absolute atomic E-state index is 5.85. The van der Waals surface area contributed by atoms with E-state index in [0.29, 0.717) is 12.4 Å². The minimum Gasteiger partial charge on any atom is -0.443 e. The monoisotopic (exact) mass is 525 g/mol. The number of likely N-dealkylation sites (tertiary alicyclic amines) is 1. The summed E-state index contributed by atoms with van der Waals surface area (Å²) in [4.78, 5) is 11.3. The summed E-state index contributed by atoms with van der Waals surface area (Å²) < 4.78 is 5.85. The zero-order valence-corrected chi connectivity index (χ0v) is 21.0. The molecule has 2 N–H and O–H groups in total. The largest absolute Gasteiger partial charge is 0.443 e. The number of piperidine rings is 1. The van der Waals surface area contributed by atoms with Crippen molar-refractivity contribution in [2.45, 2.75) is 65.1 Å². The van der Waals surface area contributed by atoms with E-state index in [4.69, 9.17) is 4.42 Å². The highest BCUT2D eigenvalue weighted by atomic mass is 127. The molecule has 0 amide bonds. The van der Waals surface area contributed by atoms with Crippen LogP contribution in [0.5, 0.6) is 0 Å². The average Bonchev–Trinajstić information content (AvgIpc) is 3.20. The third-order valence-electron chi connectivity index (χ3n) is 5.33. The Bertz CT molecular complexity index is 806. The molecule has 1 aliphatic rings. The number of halogens is 1. The molecule has 30 heavy (non-hydrogen) atoms. The van der Waals surface area contributed by atoms with E-state index in [2.05, 4.69) is 70.5 Å². The third kappa shape index (κ3) is 7.27. The summed E-state index contributed by atoms with van der Waals surface area (Å²) in [6.07, 6.45) is 5.80. The Morgan fingerprint density at radius 2 is 1.73 bits per heavy atom. The van der Waals surface area contributed by atoms with Crippen molar-refractivity contribution in [3.8, 4) is 0 Å². The Morgan fingerprint density at radius 1 is 1.07 bits per heavy atom. The molecule has 0 spiro atoms. The molecule has 1 aromatic carbocycles. The van der Waals surface area contributed by atoms with Crippen LogP contribution in [0.3, 0.4) is 0 Å². The number of hydrogen-bond donors (Lipinski definition) is 2. The van der Waals surface area contributed by atoms with Crippen molar-refractivity contribution < 1.29 is 4.42 Å². The van der Waals surface area contributed by atoms with Gasteiger partial charge in [-0.25, -0.2) is 4.98 Å². The molecule has 0 saturated carbocycles. The van der Waals surface area contributed by atoms with E-state index in [1.807, 2.05) is 6.20 Å². The summed E-state index contributed by atoms with van der Waals surface area (Å²) in [6, 6.07) is 8.67. The van der Waals surface area contributed by atoms with Gasteiger partial charge in [-0.2, -0.15) is 0 Å². The van der Waals surface area contributed by atoms with Crippen LogP contribution in [-0.2, 0) is 25.0 Å². The van der Waals surface area contributed by atoms with Gasteiger partial charge in [0.1, 0.15) is 5.76 Å². The standard InChI is InChI=1S/C23H35N5O.HI/c1-23(2,3)20-15-25-21(29-20)16-27-22(24-4)26-14-18-10-6-7-11-19(18)17-28-12-8-5-9-13-28;/h6-7,10-11,15H,5,8-9,12-14,16-17H2,1-4H3,(H2,24,26,27);1H. The van der Waals surface area contributed by atoms with Crippen molar-refractivity contribution in [1.29, 1.82) is 0 Å². The Balaban J connectivity index is 0.00000320. The molecule has 1 aromatic heterocycles. The van der Waals surface area contributed by atoms with E-state index in [-0.39, 0.29) is 29.4 Å². The second kappa shape index (κ2) is 11.7. The van der Waals surface area contributed by atoms with Crippen molar-refractivity contribution in [3.63, 3.8) is 0 Å². The van der Waals surface area contributed by atoms with Gasteiger partial charge in [0.25, 0.3) is 0 Å². The lowest BCUT2D eigenvalue weighted by Crippen LogP contribution is -2.37. The molecule has 0 unspecified atom stereocenters. The quantitative estimate of drug-likeness (QED) is 0.332. The first-order valence-corrected chi connectivity index (χ1v) is 10.6. The third-order valence-corrected chi connectivity index (χ3v) is 5.33. The van der Waals surface area contributed by atoms with Crippen LogP contribution in [-0.4, -0.2) is 36.0 Å². The molecule has 0 atom stereocenters. The van der Waals surface area contributed by atoms with Crippen LogP contribution < -0.4 is 10.6 Å². The molecule has 1 fully saturated rings. The molecule has 0 aliphatic carbocycles. The van der Waals surface area contributed by atoms with Crippen LogP contribution in [0.25, 0.3) is 0 Å². The Hall–Kier alpha value is -1.61. The second-order valence-electron chi connectivity index (χ2n) is 8.75. The minimum absolute atomic E-state index is 0. The van der Waals surface area contributed by atoms with E-state index in [1.54, 1.807) is 7.05 Å². The highest BCUT2D eigenvalue weighted by Crippen LogP contribution is 2.22. The topological polar surface area (TPSA) is 65.7 Å². The first-order valence-electron chi connectivity index (χ1n) is 10.6. The smallest absolute Gasteiger partial charge is 0.213 e. The fourth-order valence-corrected chi connectivity index (χ4v) is 3.54. The molecule has 6 nitrogen and oxygen atoms in total. The van der Waals surface area contributed by atoms with Gasteiger partial charge >= 0.3 is 0 Å². The fraction of sp³-hybridized carbons (Fsp3) is 0.565. The summed E-state index contributed by atoms with van der Waals surface area (Å²) in [5, 5.41) is 6.72. The van der Waals surface area contributed by atoms with Crippen LogP contribution in [0, 0.1) is 0 Å². The predicted molar refractivity (Wildman–Crippen MR) is 133 cm³/mol. The SMILES string of the molecule is CN=C(NCc1ncc(C(C)(C)C)o1)NCc1ccccc1CN1CCCCC1.I. The predicted octanol–water partition coefficient (Wildman–Crippen LogP) is 4.44. The summed E-state index contributed by atoms with van der Waals surface area (Å²) >= 11 is 0. The van der Waals surface area contributed by atoms with Crippen molar-refractivity contribution >= 4 is 29.9 Å². The zero-order valence-electron chi connectivity index (χ0n) is 18.7. The van der Waals surface area contributed by atoms with Crippen molar-refractivity contribution in [3.05, 3.63) is 53.2 Å². The first kappa shape index (κ1) is 24.7. The van der Waals surface area contributed by atoms with E-state index in [1.165, 1.54) is 43.5 Å². The lowest BCUT2D eigenvalue weighted by atomic mass is 9.94. The molecular weight excluding hydrogens is 489 g/mol. The highest BCUT2D eigenvalue weighted by Gasteiger charge is 2.19. The van der Waals surface area contributed by atoms with Gasteiger partial charge in [0, 0.05) is 25.6 Å². The van der Waals surface area contributed by atoms with E-state index in [9.17, 15) is 0 Å². The van der Waals surface area contributed by atoms with Gasteiger partial charge < -0.3 is 15.1 Å². The van der Waals surface area contributed by atoms with Crippen LogP contribution in [0.15, 0.2) is 39.9 Å². The highest BCUT2D eigenvalue weighted by molar-refractivity contribution is 14.0. The normalized spacial score (nSPS) is 15.5. The maximum atomic E-state index is 5.85. The van der Waals surface area contributed by atoms with Crippen molar-refractivity contribution in [2.24, 2.45) is 4.99 Å². The van der Waals surface area contributed by atoms with Gasteiger partial charge in [-0.05, 0) is 37.1 Å². The molecule has 0 bridgehead atoms. The average molecular weight is 525 g/mol. The Morgan fingerprint density at radius 3 is 2.37 bits per heavy atom. The van der Waals surface area contributed by atoms with E-state index >= 15 is 0 Å². The van der Waals surface area contributed by atoms with Crippen LogP contribution in [0.2, 0.25) is 0 Å². The van der Waals surface area contributed by atoms with Crippen LogP contribution in [0.1, 0.15) is 62.8 Å². The molecule has 0 radical (unpaired) electrons. The molecule has 2 aromatic rings. The summed E-state index contributed by atoms with van der Waals surface area (Å²) in [7, 11) is 1.78. The van der Waals surface area contributed by atoms with Gasteiger partial charge in [0.15, 0.2) is 5.96 Å². The minimum atomic E-state index is -0.0384. The number of oxazole rings is 1. The van der Waals surface area contributed by atoms with Gasteiger partial charge in [0.2, 0.25) is 5.89 Å². The van der Waals surface area contributed by atoms with Crippen LogP contribution >= 0.6 is 24.0 Å². The number of benzene rings is 1. The Kier molecular flexibility index (Phi) is 9.61. The molecule has 1 aliphatic heterocycles. The molecule has 3 rings (SSSR count). The number of nitrogens with one attached hydrogen (secondary N) is 2. The van der Waals surface area contributed by atoms with Gasteiger partial charge in [0.05, 0.1) is 12.7 Å². The van der Waals surface area contributed by atoms with E-state index in [0.717, 1.165) is 24.8 Å². The summed E-state index contributed by atoms with van der Waals surface area (Å²) in [5.74, 6) is 2.31. The Labute approximate surface area is 198 Å². The molecular formula is C23H36IN5O. The number of aromatic nitrogens is 1. The zero-order chi connectivity index (χ0) is 20.7. The lowest BCUT2D eigenvalue weighted by molar-refractivity contribution is 0.220. The van der Waals surface area contributed by atoms with Gasteiger partial charge in [-0.1, -0.05) is 51.5 Å². The van der Waals surface area contributed by atoms with Crippen LogP contribution in [0.4, 0.5) is 0 Å². The summed E-state index contributed by atoms with van der Waals surface area (Å²) in [5.41, 5.74) is 2.66. The molecule has 2 heterocycles. The molecule has 166 valence electrons. The van der Waals surface area contributed by atoms with Gasteiger partial charge in [-0.15, -0.1) is 24.0 Å². The van der Waals surface area contributed by atoms with E-state index < -0.39 is 0 Å². The van der Waals surface area contributed by atoms with Crippen molar-refractivity contribution in [1.82, 2.24) is 20.5 Å². The summed E-state index contributed by atoms with van der Waals surface area (Å²) in [6.45, 7) is 11.0. The number of rotatable bonds is 6. The first-order chi connectivity index (χ1) is 14.0. The number of hydrogen-bond acceptors (Lipinski definition) is 4. The lowest BCUT2D eigenvalue weighted by Gasteiger charge is -2.27. The number of aliphatic imine (C=N–C) groups is 1. The number of guanidine groups is 1. The molecule has 1 saturated heterocycles. The molecule has 7 heteroatoms.